The van der Waals surface area contributed by atoms with Crippen molar-refractivity contribution >= 4 is 36.6 Å². The van der Waals surface area contributed by atoms with E-state index in [2.05, 4.69) is 5.10 Å². The molecule has 0 radical (unpaired) electrons. The number of aromatic nitrogens is 2. The molecule has 3 aromatic rings. The first kappa shape index (κ1) is 16.4. The van der Waals surface area contributed by atoms with E-state index in [-0.39, 0.29) is 21.4 Å². The van der Waals surface area contributed by atoms with Crippen molar-refractivity contribution in [3.8, 4) is 5.69 Å². The van der Waals surface area contributed by atoms with Crippen molar-refractivity contribution in [1.82, 2.24) is 9.78 Å². The second-order valence-corrected chi connectivity index (χ2v) is 7.62. The van der Waals surface area contributed by atoms with E-state index in [1.54, 1.807) is 6.92 Å². The summed E-state index contributed by atoms with van der Waals surface area (Å²) in [7, 11) is 1.27. The fourth-order valence-electron chi connectivity index (χ4n) is 2.48. The molecule has 1 aromatic heterocycles. The van der Waals surface area contributed by atoms with Gasteiger partial charge in [0.1, 0.15) is 5.82 Å². The molecule has 0 unspecified atom stereocenters. The Morgan fingerprint density at radius 3 is 2.42 bits per heavy atom. The normalized spacial score (nSPS) is 11.8. The summed E-state index contributed by atoms with van der Waals surface area (Å²) < 4.78 is 38.2. The van der Waals surface area contributed by atoms with Gasteiger partial charge >= 0.3 is 5.97 Å². The Kier molecular flexibility index (Phi) is 3.81. The summed E-state index contributed by atoms with van der Waals surface area (Å²) in [5, 5.41) is 13.7. The van der Waals surface area contributed by atoms with Gasteiger partial charge in [0, 0.05) is 16.1 Å². The molecule has 0 spiro atoms. The standard InChI is InChI=1S/C15H10ClFN2O4S/c1-8-14-12(19(18-8)11-4-2-10(17)3-5-11)6-9(15(20)21)7-13(14)24(16,22)23/h2-7H,1H3,(H,20,21). The maximum Gasteiger partial charge on any atom is 0.335 e. The monoisotopic (exact) mass is 368 g/mol. The lowest BCUT2D eigenvalue weighted by Gasteiger charge is -2.06. The fraction of sp³-hybridized carbons (Fsp3) is 0.0667. The second-order valence-electron chi connectivity index (χ2n) is 5.09. The molecule has 0 amide bonds. The Bertz CT molecular complexity index is 1080. The molecule has 0 saturated heterocycles. The van der Waals surface area contributed by atoms with Gasteiger partial charge in [-0.2, -0.15) is 5.10 Å². The number of benzene rings is 2. The van der Waals surface area contributed by atoms with Crippen LogP contribution in [0.25, 0.3) is 16.6 Å². The number of carbonyl (C=O) groups is 1. The van der Waals surface area contributed by atoms with E-state index in [0.717, 1.165) is 6.07 Å². The van der Waals surface area contributed by atoms with Crippen molar-refractivity contribution in [3.63, 3.8) is 0 Å². The second kappa shape index (κ2) is 5.57. The van der Waals surface area contributed by atoms with Gasteiger partial charge in [0.25, 0.3) is 9.05 Å². The number of aromatic carboxylic acids is 1. The van der Waals surface area contributed by atoms with Crippen LogP contribution in [-0.4, -0.2) is 29.3 Å². The first-order valence-electron chi connectivity index (χ1n) is 6.66. The number of hydrogen-bond acceptors (Lipinski definition) is 4. The van der Waals surface area contributed by atoms with Gasteiger partial charge in [-0.15, -0.1) is 0 Å². The minimum atomic E-state index is -4.19. The first-order valence-corrected chi connectivity index (χ1v) is 8.96. The van der Waals surface area contributed by atoms with Gasteiger partial charge in [-0.3, -0.25) is 0 Å². The molecule has 1 N–H and O–H groups in total. The summed E-state index contributed by atoms with van der Waals surface area (Å²) in [5.74, 6) is -1.75. The Balaban J connectivity index is 2.44. The zero-order chi connectivity index (χ0) is 17.6. The minimum absolute atomic E-state index is 0.222. The van der Waals surface area contributed by atoms with Crippen molar-refractivity contribution in [2.75, 3.05) is 0 Å². The lowest BCUT2D eigenvalue weighted by molar-refractivity contribution is 0.0697. The number of rotatable bonds is 3. The Hall–Kier alpha value is -2.45. The first-order chi connectivity index (χ1) is 11.2. The summed E-state index contributed by atoms with van der Waals surface area (Å²) in [4.78, 5) is 11.0. The topological polar surface area (TPSA) is 89.3 Å². The van der Waals surface area contributed by atoms with Gasteiger partial charge in [0.05, 0.1) is 27.4 Å². The number of halogens is 2. The summed E-state index contributed by atoms with van der Waals surface area (Å²) in [5.41, 5.74) is 0.809. The average molecular weight is 369 g/mol. The molecular formula is C15H10ClFN2O4S. The summed E-state index contributed by atoms with van der Waals surface area (Å²) in [6, 6.07) is 7.63. The molecule has 9 heteroatoms. The molecule has 0 bridgehead atoms. The van der Waals surface area contributed by atoms with E-state index in [9.17, 15) is 22.7 Å². The van der Waals surface area contributed by atoms with Gasteiger partial charge in [0.2, 0.25) is 0 Å². The molecule has 0 aliphatic carbocycles. The summed E-state index contributed by atoms with van der Waals surface area (Å²) >= 11 is 0. The van der Waals surface area contributed by atoms with E-state index in [4.69, 9.17) is 10.7 Å². The van der Waals surface area contributed by atoms with Crippen molar-refractivity contribution in [1.29, 1.82) is 0 Å². The van der Waals surface area contributed by atoms with Gasteiger partial charge in [-0.1, -0.05) is 0 Å². The van der Waals surface area contributed by atoms with E-state index in [0.29, 0.717) is 11.4 Å². The number of fused-ring (bicyclic) bond motifs is 1. The van der Waals surface area contributed by atoms with Crippen molar-refractivity contribution in [2.45, 2.75) is 11.8 Å². The average Bonchev–Trinajstić information content (AvgIpc) is 2.83. The van der Waals surface area contributed by atoms with Crippen LogP contribution in [0.15, 0.2) is 41.3 Å². The van der Waals surface area contributed by atoms with E-state index in [1.807, 2.05) is 0 Å². The molecule has 1 heterocycles. The van der Waals surface area contributed by atoms with E-state index >= 15 is 0 Å². The van der Waals surface area contributed by atoms with Crippen LogP contribution in [-0.2, 0) is 9.05 Å². The largest absolute Gasteiger partial charge is 0.478 e. The lowest BCUT2D eigenvalue weighted by Crippen LogP contribution is -2.02. The highest BCUT2D eigenvalue weighted by Gasteiger charge is 2.23. The molecule has 0 aliphatic rings. The SMILES string of the molecule is Cc1nn(-c2ccc(F)cc2)c2cc(C(=O)O)cc(S(=O)(=O)Cl)c12. The molecular weight excluding hydrogens is 359 g/mol. The van der Waals surface area contributed by atoms with Gasteiger partial charge in [-0.25, -0.2) is 22.3 Å². The highest BCUT2D eigenvalue weighted by atomic mass is 35.7. The van der Waals surface area contributed by atoms with Crippen LogP contribution < -0.4 is 0 Å². The summed E-state index contributed by atoms with van der Waals surface area (Å²) in [6.07, 6.45) is 0. The Labute approximate surface area is 140 Å². The Morgan fingerprint density at radius 2 is 1.88 bits per heavy atom. The smallest absolute Gasteiger partial charge is 0.335 e. The number of hydrogen-bond donors (Lipinski definition) is 1. The third-order valence-electron chi connectivity index (χ3n) is 3.50. The molecule has 24 heavy (non-hydrogen) atoms. The Morgan fingerprint density at radius 1 is 1.25 bits per heavy atom. The number of carboxylic acids is 1. The van der Waals surface area contributed by atoms with Crippen LogP contribution in [0.4, 0.5) is 4.39 Å². The number of aryl methyl sites for hydroxylation is 1. The zero-order valence-corrected chi connectivity index (χ0v) is 13.8. The van der Waals surface area contributed by atoms with Crippen molar-refractivity contribution in [2.24, 2.45) is 0 Å². The molecule has 2 aromatic carbocycles. The van der Waals surface area contributed by atoms with Gasteiger partial charge in [-0.05, 0) is 43.3 Å². The molecule has 6 nitrogen and oxygen atoms in total. The van der Waals surface area contributed by atoms with Gasteiger partial charge in [0.15, 0.2) is 0 Å². The van der Waals surface area contributed by atoms with Crippen LogP contribution in [0, 0.1) is 12.7 Å². The fourth-order valence-corrected chi connectivity index (χ4v) is 3.61. The third-order valence-corrected chi connectivity index (χ3v) is 4.85. The lowest BCUT2D eigenvalue weighted by atomic mass is 10.1. The molecule has 3 rings (SSSR count). The molecule has 0 aliphatic heterocycles. The van der Waals surface area contributed by atoms with Crippen LogP contribution in [0.5, 0.6) is 0 Å². The third kappa shape index (κ3) is 2.74. The molecule has 0 fully saturated rings. The van der Waals surface area contributed by atoms with Crippen LogP contribution >= 0.6 is 10.7 Å². The predicted octanol–water partition coefficient (Wildman–Crippen LogP) is 3.10. The van der Waals surface area contributed by atoms with Crippen molar-refractivity contribution < 1.29 is 22.7 Å². The van der Waals surface area contributed by atoms with Crippen molar-refractivity contribution in [3.05, 3.63) is 53.5 Å². The maximum absolute atomic E-state index is 13.1. The van der Waals surface area contributed by atoms with E-state index < -0.39 is 20.8 Å². The minimum Gasteiger partial charge on any atom is -0.478 e. The molecule has 124 valence electrons. The molecule has 0 saturated carbocycles. The maximum atomic E-state index is 13.1. The highest BCUT2D eigenvalue weighted by Crippen LogP contribution is 2.31. The quantitative estimate of drug-likeness (QED) is 0.717. The van der Waals surface area contributed by atoms with Crippen LogP contribution in [0.1, 0.15) is 16.1 Å². The zero-order valence-electron chi connectivity index (χ0n) is 12.2. The van der Waals surface area contributed by atoms with Gasteiger partial charge < -0.3 is 5.11 Å². The highest BCUT2D eigenvalue weighted by molar-refractivity contribution is 8.14. The predicted molar refractivity (Wildman–Crippen MR) is 85.8 cm³/mol. The van der Waals surface area contributed by atoms with Crippen LogP contribution in [0.3, 0.4) is 0 Å². The number of nitrogens with zero attached hydrogens (tertiary/aromatic N) is 2. The summed E-state index contributed by atoms with van der Waals surface area (Å²) in [6.45, 7) is 1.58. The van der Waals surface area contributed by atoms with E-state index in [1.165, 1.54) is 35.0 Å². The molecule has 0 atom stereocenters. The van der Waals surface area contributed by atoms with Crippen LogP contribution in [0.2, 0.25) is 0 Å². The number of carboxylic acid groups (broad SMARTS) is 1.